The number of aliphatic hydroxyl groups excluding tert-OH is 1. The molecule has 0 aromatic heterocycles. The van der Waals surface area contributed by atoms with Crippen LogP contribution < -0.4 is 0 Å². The van der Waals surface area contributed by atoms with Gasteiger partial charge in [-0.15, -0.1) is 0 Å². The van der Waals surface area contributed by atoms with Crippen LogP contribution in [-0.2, 0) is 4.74 Å². The van der Waals surface area contributed by atoms with E-state index in [0.717, 1.165) is 18.5 Å². The number of ether oxygens (including phenoxy) is 1. The van der Waals surface area contributed by atoms with E-state index >= 15 is 0 Å². The number of piperidine rings is 1. The highest BCUT2D eigenvalue weighted by Gasteiger charge is 2.54. The third kappa shape index (κ3) is 2.42. The maximum absolute atomic E-state index is 10.7. The summed E-state index contributed by atoms with van der Waals surface area (Å²) in [5, 5.41) is 10.7. The van der Waals surface area contributed by atoms with Crippen LogP contribution >= 0.6 is 0 Å². The van der Waals surface area contributed by atoms with Crippen LogP contribution in [0.2, 0.25) is 0 Å². The Labute approximate surface area is 123 Å². The van der Waals surface area contributed by atoms with Crippen molar-refractivity contribution < 1.29 is 9.84 Å². The van der Waals surface area contributed by atoms with E-state index in [9.17, 15) is 5.11 Å². The Balaban J connectivity index is 1.73. The fraction of sp³-hybridized carbons (Fsp3) is 1.00. The Morgan fingerprint density at radius 3 is 2.40 bits per heavy atom. The molecule has 3 heteroatoms. The molecule has 4 unspecified atom stereocenters. The second-order valence-corrected chi connectivity index (χ2v) is 8.26. The summed E-state index contributed by atoms with van der Waals surface area (Å²) >= 11 is 0. The third-order valence-electron chi connectivity index (χ3n) is 6.05. The molecular weight excluding hydrogens is 250 g/mol. The average molecular weight is 281 g/mol. The highest BCUT2D eigenvalue weighted by Crippen LogP contribution is 2.44. The Morgan fingerprint density at radius 1 is 1.05 bits per heavy atom. The first-order valence-corrected chi connectivity index (χ1v) is 8.43. The molecule has 0 amide bonds. The van der Waals surface area contributed by atoms with Crippen molar-refractivity contribution in [1.29, 1.82) is 0 Å². The summed E-state index contributed by atoms with van der Waals surface area (Å²) in [6.07, 6.45) is 6.55. The summed E-state index contributed by atoms with van der Waals surface area (Å²) in [5.74, 6) is 1.14. The van der Waals surface area contributed by atoms with E-state index in [2.05, 4.69) is 18.7 Å². The van der Waals surface area contributed by atoms with Crippen molar-refractivity contribution in [1.82, 2.24) is 4.90 Å². The summed E-state index contributed by atoms with van der Waals surface area (Å²) in [7, 11) is 0. The lowest BCUT2D eigenvalue weighted by molar-refractivity contribution is -0.0918. The zero-order valence-corrected chi connectivity index (χ0v) is 13.6. The molecule has 0 spiro atoms. The lowest BCUT2D eigenvalue weighted by Crippen LogP contribution is -2.50. The molecule has 0 radical (unpaired) electrons. The minimum absolute atomic E-state index is 0.219. The van der Waals surface area contributed by atoms with Crippen LogP contribution in [0.15, 0.2) is 0 Å². The van der Waals surface area contributed by atoms with Gasteiger partial charge in [0.05, 0.1) is 17.3 Å². The van der Waals surface area contributed by atoms with Gasteiger partial charge in [0.25, 0.3) is 0 Å². The fourth-order valence-corrected chi connectivity index (χ4v) is 5.03. The maximum Gasteiger partial charge on any atom is 0.0896 e. The average Bonchev–Trinajstić information content (AvgIpc) is 2.86. The van der Waals surface area contributed by atoms with E-state index in [1.165, 1.54) is 38.6 Å². The molecule has 0 bridgehead atoms. The van der Waals surface area contributed by atoms with Gasteiger partial charge in [-0.1, -0.05) is 6.42 Å². The second kappa shape index (κ2) is 4.96. The zero-order chi connectivity index (χ0) is 14.5. The molecule has 1 N–H and O–H groups in total. The molecule has 2 aliphatic heterocycles. The van der Waals surface area contributed by atoms with Gasteiger partial charge in [0.15, 0.2) is 0 Å². The molecule has 2 saturated heterocycles. The van der Waals surface area contributed by atoms with Gasteiger partial charge in [0.2, 0.25) is 0 Å². The molecule has 4 atom stereocenters. The van der Waals surface area contributed by atoms with Gasteiger partial charge in [-0.3, -0.25) is 4.90 Å². The molecule has 3 fully saturated rings. The summed E-state index contributed by atoms with van der Waals surface area (Å²) in [6, 6.07) is 0.774. The van der Waals surface area contributed by atoms with Gasteiger partial charge in [0.1, 0.15) is 0 Å². The molecule has 0 aromatic rings. The predicted molar refractivity (Wildman–Crippen MR) is 80.7 cm³/mol. The highest BCUT2D eigenvalue weighted by molar-refractivity contribution is 5.03. The van der Waals surface area contributed by atoms with Crippen LogP contribution in [0.4, 0.5) is 0 Å². The number of aliphatic hydroxyl groups is 1. The van der Waals surface area contributed by atoms with Crippen LogP contribution in [-0.4, -0.2) is 46.4 Å². The zero-order valence-electron chi connectivity index (χ0n) is 13.6. The van der Waals surface area contributed by atoms with E-state index in [0.29, 0.717) is 0 Å². The molecular formula is C17H31NO2. The van der Waals surface area contributed by atoms with Crippen molar-refractivity contribution >= 4 is 0 Å². The van der Waals surface area contributed by atoms with Crippen LogP contribution in [0.1, 0.15) is 59.8 Å². The first-order valence-electron chi connectivity index (χ1n) is 8.43. The van der Waals surface area contributed by atoms with E-state index in [4.69, 9.17) is 4.74 Å². The first-order chi connectivity index (χ1) is 9.31. The van der Waals surface area contributed by atoms with Gasteiger partial charge >= 0.3 is 0 Å². The van der Waals surface area contributed by atoms with E-state index < -0.39 is 5.60 Å². The molecule has 20 heavy (non-hydrogen) atoms. The van der Waals surface area contributed by atoms with Gasteiger partial charge in [-0.05, 0) is 65.8 Å². The summed E-state index contributed by atoms with van der Waals surface area (Å²) in [6.45, 7) is 10.5. The maximum atomic E-state index is 10.7. The number of hydrogen-bond acceptors (Lipinski definition) is 3. The molecule has 1 saturated carbocycles. The van der Waals surface area contributed by atoms with Gasteiger partial charge < -0.3 is 9.84 Å². The molecule has 116 valence electrons. The van der Waals surface area contributed by atoms with E-state index in [1.54, 1.807) is 0 Å². The summed E-state index contributed by atoms with van der Waals surface area (Å²) in [5.41, 5.74) is -0.645. The third-order valence-corrected chi connectivity index (χ3v) is 6.05. The Hall–Kier alpha value is -0.120. The standard InChI is InChI=1S/C17H31NO2/c1-16(2)13(15(19)17(3,4)20-16)11-18-10-6-8-12-7-5-9-14(12)18/h12-15,19H,5-11H2,1-4H3. The van der Waals surface area contributed by atoms with Crippen molar-refractivity contribution in [2.45, 2.75) is 83.1 Å². The van der Waals surface area contributed by atoms with Crippen molar-refractivity contribution in [3.05, 3.63) is 0 Å². The first kappa shape index (κ1) is 14.8. The van der Waals surface area contributed by atoms with Gasteiger partial charge in [-0.25, -0.2) is 0 Å². The predicted octanol–water partition coefficient (Wildman–Crippen LogP) is 2.82. The largest absolute Gasteiger partial charge is 0.390 e. The normalized spacial score (nSPS) is 43.6. The Morgan fingerprint density at radius 2 is 1.75 bits per heavy atom. The number of hydrogen-bond donors (Lipinski definition) is 1. The van der Waals surface area contributed by atoms with Crippen molar-refractivity contribution in [2.75, 3.05) is 13.1 Å². The Kier molecular flexibility index (Phi) is 3.67. The molecule has 3 rings (SSSR count). The van der Waals surface area contributed by atoms with Crippen LogP contribution in [0.3, 0.4) is 0 Å². The van der Waals surface area contributed by atoms with Crippen LogP contribution in [0.5, 0.6) is 0 Å². The number of likely N-dealkylation sites (tertiary alicyclic amines) is 1. The number of nitrogens with zero attached hydrogens (tertiary/aromatic N) is 1. The molecule has 3 aliphatic rings. The lowest BCUT2D eigenvalue weighted by atomic mass is 9.82. The van der Waals surface area contributed by atoms with Gasteiger partial charge in [0, 0.05) is 18.5 Å². The number of rotatable bonds is 2. The minimum atomic E-state index is -0.418. The van der Waals surface area contributed by atoms with Crippen molar-refractivity contribution in [2.24, 2.45) is 11.8 Å². The monoisotopic (exact) mass is 281 g/mol. The molecule has 1 aliphatic carbocycles. The van der Waals surface area contributed by atoms with Crippen LogP contribution in [0.25, 0.3) is 0 Å². The molecule has 3 nitrogen and oxygen atoms in total. The second-order valence-electron chi connectivity index (χ2n) is 8.26. The van der Waals surface area contributed by atoms with Crippen molar-refractivity contribution in [3.8, 4) is 0 Å². The molecule has 0 aromatic carbocycles. The van der Waals surface area contributed by atoms with Crippen molar-refractivity contribution in [3.63, 3.8) is 0 Å². The van der Waals surface area contributed by atoms with E-state index in [-0.39, 0.29) is 17.6 Å². The topological polar surface area (TPSA) is 32.7 Å². The van der Waals surface area contributed by atoms with Gasteiger partial charge in [-0.2, -0.15) is 0 Å². The smallest absolute Gasteiger partial charge is 0.0896 e. The lowest BCUT2D eigenvalue weighted by Gasteiger charge is -2.41. The number of fused-ring (bicyclic) bond motifs is 1. The van der Waals surface area contributed by atoms with Crippen LogP contribution in [0, 0.1) is 11.8 Å². The molecule has 2 heterocycles. The Bertz CT molecular complexity index is 366. The highest BCUT2D eigenvalue weighted by atomic mass is 16.5. The van der Waals surface area contributed by atoms with E-state index in [1.807, 2.05) is 13.8 Å². The minimum Gasteiger partial charge on any atom is -0.390 e. The fourth-order valence-electron chi connectivity index (χ4n) is 5.03. The SMILES string of the molecule is CC1(C)OC(C)(C)C(CN2CCCC3CCCC32)C1O. The summed E-state index contributed by atoms with van der Waals surface area (Å²) in [4.78, 5) is 2.67. The summed E-state index contributed by atoms with van der Waals surface area (Å²) < 4.78 is 6.14. The quantitative estimate of drug-likeness (QED) is 0.845.